The van der Waals surface area contributed by atoms with Gasteiger partial charge in [0, 0.05) is 82.7 Å². The third kappa shape index (κ3) is 24.3. The standard InChI is InChI=1S/C63H82N14O16.C2HF3O2/c1-3-4-6-16-44-57(87)71-47(31-40-33-65-43-15-10-9-14-42(40)43)56(86)67-35-52(80)69-45(22-23-64-63(93)76-27-25-75(26-28-76)37-55(84)85)58(88)73-48(32-54(82)83)62(92)77-24-11-17-49(77)60(90)68-34-51(79)66-36-53(81)74(2)50(30-38-12-7-5-8-13-38)61(91)72-46(59(89)70-44)29-39-18-20-41(78)21-19-39;3-2(4,5)1(6)7/h5,7-10,12-15,18-21,33,44-50,65,78H,3-4,6,11,16-17,22-32,34-37H2,1-2H3,(H,64,93)(H,66,79)(H,67,86)(H,68,90)(H,69,80)(H,70,89)(H,71,87)(H,72,91)(H,73,88)(H,82,83)(H,84,85);(H,6,7)/t44-,45-,46-,47-,48-,49+,50-;/m0./s1. The molecule has 0 aliphatic carbocycles. The molecular weight excluding hydrogens is 1320 g/mol. The molecule has 3 aliphatic heterocycles. The highest BCUT2D eigenvalue weighted by atomic mass is 19.4. The topological polar surface area (TPSA) is 457 Å². The van der Waals surface area contributed by atoms with Gasteiger partial charge in [-0.05, 0) is 60.6 Å². The molecule has 12 amide bonds. The number of piperazine rings is 1. The fourth-order valence-electron chi connectivity index (χ4n) is 11.2. The van der Waals surface area contributed by atoms with Gasteiger partial charge < -0.3 is 88.0 Å². The van der Waals surface area contributed by atoms with Gasteiger partial charge in [0.15, 0.2) is 0 Å². The number of alkyl halides is 3. The fraction of sp³-hybridized carbons (Fsp3) is 0.477. The van der Waals surface area contributed by atoms with Crippen molar-refractivity contribution < 1.29 is 101 Å². The molecule has 4 heterocycles. The summed E-state index contributed by atoms with van der Waals surface area (Å²) < 4.78 is 31.7. The Bertz CT molecular complexity index is 3570. The molecule has 7 rings (SSSR count). The van der Waals surface area contributed by atoms with Crippen molar-refractivity contribution in [3.63, 3.8) is 0 Å². The number of para-hydroxylation sites is 1. The summed E-state index contributed by atoms with van der Waals surface area (Å²) in [4.78, 5) is 197. The second-order valence-corrected chi connectivity index (χ2v) is 24.0. The van der Waals surface area contributed by atoms with Crippen LogP contribution in [0.4, 0.5) is 18.0 Å². The summed E-state index contributed by atoms with van der Waals surface area (Å²) in [7, 11) is 1.33. The van der Waals surface area contributed by atoms with Crippen LogP contribution in [0.15, 0.2) is 85.1 Å². The number of aromatic amines is 1. The first-order chi connectivity index (χ1) is 47.5. The van der Waals surface area contributed by atoms with E-state index in [-0.39, 0.29) is 96.5 Å². The second-order valence-electron chi connectivity index (χ2n) is 24.0. The number of likely N-dealkylation sites (N-methyl/N-ethyl adjacent to an activating group) is 1. The number of nitrogens with one attached hydrogen (secondary N) is 10. The van der Waals surface area contributed by atoms with Gasteiger partial charge in [0.25, 0.3) is 0 Å². The molecule has 0 unspecified atom stereocenters. The van der Waals surface area contributed by atoms with Crippen LogP contribution in [0.2, 0.25) is 0 Å². The molecule has 1 aromatic heterocycles. The fourth-order valence-corrected chi connectivity index (χ4v) is 11.2. The van der Waals surface area contributed by atoms with Crippen molar-refractivity contribution in [3.8, 4) is 5.75 Å². The maximum Gasteiger partial charge on any atom is 0.490 e. The van der Waals surface area contributed by atoms with E-state index in [2.05, 4.69) is 52.8 Å². The summed E-state index contributed by atoms with van der Waals surface area (Å²) in [5.41, 5.74) is 2.36. The Balaban J connectivity index is 0.00000213. The van der Waals surface area contributed by atoms with Crippen molar-refractivity contribution in [2.24, 2.45) is 0 Å². The Hall–Kier alpha value is -10.9. The molecule has 0 saturated carbocycles. The molecular formula is C65H83F3N14O18. The van der Waals surface area contributed by atoms with Gasteiger partial charge in [-0.25, -0.2) is 9.59 Å². The van der Waals surface area contributed by atoms with Crippen LogP contribution in [-0.2, 0) is 81.6 Å². The monoisotopic (exact) mass is 1400 g/mol. The maximum atomic E-state index is 14.9. The predicted octanol–water partition coefficient (Wildman–Crippen LogP) is -1.00. The van der Waals surface area contributed by atoms with E-state index in [1.54, 1.807) is 65.7 Å². The normalized spacial score (nSPS) is 21.9. The van der Waals surface area contributed by atoms with Gasteiger partial charge in [0.05, 0.1) is 32.6 Å². The van der Waals surface area contributed by atoms with Gasteiger partial charge in [-0.1, -0.05) is 86.8 Å². The Morgan fingerprint density at radius 2 is 1.17 bits per heavy atom. The minimum Gasteiger partial charge on any atom is -0.508 e. The Labute approximate surface area is 571 Å². The van der Waals surface area contributed by atoms with Crippen LogP contribution in [0.1, 0.15) is 75.0 Å². The number of rotatable bonds is 17. The second kappa shape index (κ2) is 37.7. The molecule has 3 fully saturated rings. The van der Waals surface area contributed by atoms with Crippen LogP contribution in [0.3, 0.4) is 0 Å². The van der Waals surface area contributed by atoms with Gasteiger partial charge in [-0.3, -0.25) is 62.4 Å². The lowest BCUT2D eigenvalue weighted by atomic mass is 10.00. The van der Waals surface area contributed by atoms with Crippen molar-refractivity contribution in [3.05, 3.63) is 102 Å². The van der Waals surface area contributed by atoms with Crippen LogP contribution >= 0.6 is 0 Å². The molecule has 0 bridgehead atoms. The number of carboxylic acids is 3. The summed E-state index contributed by atoms with van der Waals surface area (Å²) in [5, 5.41) is 60.5. The largest absolute Gasteiger partial charge is 0.508 e. The molecule has 100 heavy (non-hydrogen) atoms. The van der Waals surface area contributed by atoms with Gasteiger partial charge in [0.1, 0.15) is 48.0 Å². The number of carbonyl (C=O) groups is 14. The molecule has 14 N–H and O–H groups in total. The number of carboxylic acid groups (broad SMARTS) is 3. The highest BCUT2D eigenvalue weighted by Crippen LogP contribution is 2.22. The number of hydrogen-bond acceptors (Lipinski definition) is 16. The van der Waals surface area contributed by atoms with E-state index in [9.17, 15) is 90.8 Å². The summed E-state index contributed by atoms with van der Waals surface area (Å²) in [6, 6.07) is 10.7. The number of aromatic nitrogens is 1. The van der Waals surface area contributed by atoms with Gasteiger partial charge in [-0.2, -0.15) is 13.2 Å². The number of aliphatic carboxylic acids is 3. The number of fused-ring (bicyclic) bond motifs is 2. The molecule has 4 aromatic rings. The first kappa shape index (κ1) is 78.1. The first-order valence-electron chi connectivity index (χ1n) is 32.3. The molecule has 3 aromatic carbocycles. The van der Waals surface area contributed by atoms with Crippen LogP contribution in [0.25, 0.3) is 10.9 Å². The number of unbranched alkanes of at least 4 members (excludes halogenated alkanes) is 2. The average Bonchev–Trinajstić information content (AvgIpc) is 1.57. The number of halogens is 3. The lowest BCUT2D eigenvalue weighted by molar-refractivity contribution is -0.192. The Morgan fingerprint density at radius 3 is 1.82 bits per heavy atom. The molecule has 0 radical (unpaired) electrons. The number of carbonyl (C=O) groups excluding carboxylic acids is 11. The third-order valence-electron chi connectivity index (χ3n) is 16.6. The number of nitrogens with zero attached hydrogens (tertiary/aromatic N) is 4. The minimum absolute atomic E-state index is 0.0449. The zero-order valence-corrected chi connectivity index (χ0v) is 54.9. The van der Waals surface area contributed by atoms with Crippen molar-refractivity contribution in [1.82, 2.24) is 72.4 Å². The van der Waals surface area contributed by atoms with Gasteiger partial charge >= 0.3 is 30.1 Å². The van der Waals surface area contributed by atoms with Crippen LogP contribution < -0.4 is 47.9 Å². The Morgan fingerprint density at radius 1 is 0.590 bits per heavy atom. The Kier molecular flexibility index (Phi) is 29.5. The number of phenolic OH excluding ortho intramolecular Hbond substituents is 1. The number of phenols is 1. The van der Waals surface area contributed by atoms with Crippen molar-refractivity contribution in [2.45, 2.75) is 126 Å². The zero-order valence-electron chi connectivity index (χ0n) is 54.9. The summed E-state index contributed by atoms with van der Waals surface area (Å²) in [6.07, 6.45) is -3.17. The van der Waals surface area contributed by atoms with Crippen LogP contribution in [0.5, 0.6) is 5.75 Å². The number of hydrogen-bond donors (Lipinski definition) is 14. The highest BCUT2D eigenvalue weighted by Gasteiger charge is 2.41. The molecule has 35 heteroatoms. The number of urea groups is 1. The van der Waals surface area contributed by atoms with Crippen molar-refractivity contribution in [1.29, 1.82) is 0 Å². The number of amides is 12. The van der Waals surface area contributed by atoms with Crippen molar-refractivity contribution >= 4 is 93.9 Å². The summed E-state index contributed by atoms with van der Waals surface area (Å²) >= 11 is 0. The lowest BCUT2D eigenvalue weighted by Crippen LogP contribution is -2.60. The molecule has 3 aliphatic rings. The molecule has 7 atom stereocenters. The summed E-state index contributed by atoms with van der Waals surface area (Å²) in [6.45, 7) is -0.0565. The van der Waals surface area contributed by atoms with E-state index < -0.39 is 158 Å². The van der Waals surface area contributed by atoms with Gasteiger partial charge in [-0.15, -0.1) is 0 Å². The predicted molar refractivity (Wildman–Crippen MR) is 348 cm³/mol. The summed E-state index contributed by atoms with van der Waals surface area (Å²) in [5.74, 6) is -14.3. The number of benzene rings is 3. The SMILES string of the molecule is CCCCC[C@@H]1NC(=O)[C@H](Cc2ccc(O)cc2)NC(=O)[C@H](Cc2ccccc2)N(C)C(=O)CNC(=O)CNC(=O)[C@H]2CCCN2C(=O)[C@H](CC(=O)O)NC(=O)[C@H](CCNC(=O)N2CCN(CC(=O)O)CC2)NC(=O)CNC(=O)[C@H](Cc2c[nH]c3ccccc23)NC1=O.O=C(O)C(F)(F)F. The van der Waals surface area contributed by atoms with E-state index in [0.717, 1.165) is 9.80 Å². The van der Waals surface area contributed by atoms with Gasteiger partial charge in [0.2, 0.25) is 59.1 Å². The maximum absolute atomic E-state index is 14.9. The third-order valence-corrected chi connectivity index (χ3v) is 16.6. The van der Waals surface area contributed by atoms with Crippen LogP contribution in [0, 0.1) is 0 Å². The van der Waals surface area contributed by atoms with E-state index in [1.807, 2.05) is 6.92 Å². The average molecular weight is 1410 g/mol. The van der Waals surface area contributed by atoms with Crippen molar-refractivity contribution in [2.75, 3.05) is 72.5 Å². The van der Waals surface area contributed by atoms with E-state index in [1.165, 1.54) is 36.2 Å². The zero-order chi connectivity index (χ0) is 73.2. The number of H-pyrrole nitrogens is 1. The molecule has 3 saturated heterocycles. The van der Waals surface area contributed by atoms with E-state index in [4.69, 9.17) is 9.90 Å². The first-order valence-corrected chi connectivity index (χ1v) is 32.3. The molecule has 32 nitrogen and oxygen atoms in total. The molecule has 0 spiro atoms. The quantitative estimate of drug-likeness (QED) is 0.0564. The van der Waals surface area contributed by atoms with E-state index >= 15 is 0 Å². The smallest absolute Gasteiger partial charge is 0.490 e. The highest BCUT2D eigenvalue weighted by molar-refractivity contribution is 5.99. The molecule has 542 valence electrons. The minimum atomic E-state index is -5.08. The lowest BCUT2D eigenvalue weighted by Gasteiger charge is -2.33. The number of aromatic hydroxyl groups is 1. The van der Waals surface area contributed by atoms with E-state index in [0.29, 0.717) is 46.9 Å². The van der Waals surface area contributed by atoms with Crippen LogP contribution in [-0.4, -0.2) is 249 Å².